The SMILES string of the molecule is CCc1nnc(C(Cl)(Cl)Cl)o1. The summed E-state index contributed by atoms with van der Waals surface area (Å²) in [6, 6.07) is 0. The number of rotatable bonds is 1. The predicted molar refractivity (Wildman–Crippen MR) is 42.9 cm³/mol. The Morgan fingerprint density at radius 1 is 1.36 bits per heavy atom. The second-order valence-corrected chi connectivity index (χ2v) is 4.13. The summed E-state index contributed by atoms with van der Waals surface area (Å²) in [4.78, 5) is 0. The summed E-state index contributed by atoms with van der Waals surface area (Å²) in [7, 11) is 0. The van der Waals surface area contributed by atoms with E-state index in [-0.39, 0.29) is 5.89 Å². The molecular formula is C5H5Cl3N2O. The van der Waals surface area contributed by atoms with Gasteiger partial charge in [-0.2, -0.15) is 0 Å². The third kappa shape index (κ3) is 2.22. The van der Waals surface area contributed by atoms with Crippen molar-refractivity contribution < 1.29 is 4.42 Å². The van der Waals surface area contributed by atoms with E-state index in [9.17, 15) is 0 Å². The smallest absolute Gasteiger partial charge is 0.268 e. The average molecular weight is 215 g/mol. The van der Waals surface area contributed by atoms with Crippen LogP contribution in [0.15, 0.2) is 4.42 Å². The lowest BCUT2D eigenvalue weighted by atomic mass is 10.5. The molecule has 1 rings (SSSR count). The van der Waals surface area contributed by atoms with Gasteiger partial charge in [0.15, 0.2) is 0 Å². The first-order chi connectivity index (χ1) is 5.04. The lowest BCUT2D eigenvalue weighted by Gasteiger charge is -2.01. The van der Waals surface area contributed by atoms with Gasteiger partial charge in [0.05, 0.1) is 0 Å². The van der Waals surface area contributed by atoms with Gasteiger partial charge in [0, 0.05) is 6.42 Å². The molecule has 0 aliphatic heterocycles. The molecule has 62 valence electrons. The Labute approximate surface area is 78.6 Å². The molecule has 0 spiro atoms. The normalized spacial score (nSPS) is 12.0. The van der Waals surface area contributed by atoms with E-state index in [1.54, 1.807) is 0 Å². The van der Waals surface area contributed by atoms with Crippen LogP contribution >= 0.6 is 34.8 Å². The molecule has 0 saturated heterocycles. The Kier molecular flexibility index (Phi) is 2.62. The minimum Gasteiger partial charge on any atom is -0.421 e. The highest BCUT2D eigenvalue weighted by molar-refractivity contribution is 6.66. The monoisotopic (exact) mass is 214 g/mol. The van der Waals surface area contributed by atoms with Gasteiger partial charge in [0.25, 0.3) is 9.68 Å². The van der Waals surface area contributed by atoms with Crippen molar-refractivity contribution in [1.82, 2.24) is 10.2 Å². The predicted octanol–water partition coefficient (Wildman–Crippen LogP) is 2.46. The van der Waals surface area contributed by atoms with Crippen LogP contribution in [0, 0.1) is 0 Å². The third-order valence-corrected chi connectivity index (χ3v) is 1.50. The molecule has 0 aliphatic rings. The second-order valence-electron chi connectivity index (χ2n) is 1.85. The van der Waals surface area contributed by atoms with E-state index >= 15 is 0 Å². The van der Waals surface area contributed by atoms with E-state index in [1.807, 2.05) is 6.92 Å². The van der Waals surface area contributed by atoms with Gasteiger partial charge < -0.3 is 4.42 Å². The van der Waals surface area contributed by atoms with Crippen LogP contribution < -0.4 is 0 Å². The van der Waals surface area contributed by atoms with E-state index in [1.165, 1.54) is 0 Å². The average Bonchev–Trinajstić information content (AvgIpc) is 2.32. The van der Waals surface area contributed by atoms with E-state index in [2.05, 4.69) is 10.2 Å². The summed E-state index contributed by atoms with van der Waals surface area (Å²) in [5.74, 6) is 0.477. The second kappa shape index (κ2) is 3.17. The quantitative estimate of drug-likeness (QED) is 0.676. The van der Waals surface area contributed by atoms with Gasteiger partial charge in [-0.25, -0.2) is 0 Å². The van der Waals surface area contributed by atoms with E-state index in [0.717, 1.165) is 0 Å². The van der Waals surface area contributed by atoms with Crippen molar-refractivity contribution in [1.29, 1.82) is 0 Å². The van der Waals surface area contributed by atoms with Crippen LogP contribution in [0.2, 0.25) is 0 Å². The van der Waals surface area contributed by atoms with Crippen molar-refractivity contribution >= 4 is 34.8 Å². The molecule has 1 aromatic heterocycles. The molecule has 0 amide bonds. The van der Waals surface area contributed by atoms with Crippen molar-refractivity contribution in [3.8, 4) is 0 Å². The molecule has 0 bridgehead atoms. The maximum Gasteiger partial charge on any atom is 0.268 e. The van der Waals surface area contributed by atoms with Gasteiger partial charge in [-0.15, -0.1) is 10.2 Å². The van der Waals surface area contributed by atoms with Crippen LogP contribution in [0.4, 0.5) is 0 Å². The van der Waals surface area contributed by atoms with Gasteiger partial charge in [-0.05, 0) is 0 Å². The number of aromatic nitrogens is 2. The third-order valence-electron chi connectivity index (χ3n) is 1.01. The Morgan fingerprint density at radius 2 is 2.00 bits per heavy atom. The largest absolute Gasteiger partial charge is 0.421 e. The van der Waals surface area contributed by atoms with Crippen molar-refractivity contribution in [3.05, 3.63) is 11.8 Å². The number of nitrogens with zero attached hydrogens (tertiary/aromatic N) is 2. The van der Waals surface area contributed by atoms with Crippen molar-refractivity contribution in [2.45, 2.75) is 17.1 Å². The first-order valence-corrected chi connectivity index (χ1v) is 4.07. The minimum atomic E-state index is -1.61. The highest BCUT2D eigenvalue weighted by Crippen LogP contribution is 2.36. The number of alkyl halides is 3. The van der Waals surface area contributed by atoms with Gasteiger partial charge in [0.1, 0.15) is 0 Å². The first-order valence-electron chi connectivity index (χ1n) is 2.93. The fourth-order valence-corrected chi connectivity index (χ4v) is 0.740. The van der Waals surface area contributed by atoms with Crippen molar-refractivity contribution in [2.75, 3.05) is 0 Å². The standard InChI is InChI=1S/C5H5Cl3N2O/c1-2-3-9-10-4(11-3)5(6,7)8/h2H2,1H3. The topological polar surface area (TPSA) is 38.9 Å². The Bertz CT molecular complexity index is 242. The molecule has 0 aromatic carbocycles. The van der Waals surface area contributed by atoms with Crippen LogP contribution in [0.25, 0.3) is 0 Å². The van der Waals surface area contributed by atoms with E-state index < -0.39 is 3.79 Å². The molecule has 1 aromatic rings. The molecule has 0 saturated carbocycles. The molecule has 0 N–H and O–H groups in total. The molecule has 1 heterocycles. The molecule has 0 aliphatic carbocycles. The summed E-state index contributed by atoms with van der Waals surface area (Å²) >= 11 is 16.4. The van der Waals surface area contributed by atoms with Gasteiger partial charge in [0.2, 0.25) is 5.89 Å². The lowest BCUT2D eigenvalue weighted by Crippen LogP contribution is -1.99. The number of aryl methyl sites for hydroxylation is 1. The summed E-state index contributed by atoms with van der Waals surface area (Å²) in [5.41, 5.74) is 0. The summed E-state index contributed by atoms with van der Waals surface area (Å²) in [5, 5.41) is 7.18. The number of hydrogen-bond donors (Lipinski definition) is 0. The van der Waals surface area contributed by atoms with Crippen LogP contribution in [-0.2, 0) is 10.2 Å². The van der Waals surface area contributed by atoms with Crippen LogP contribution in [0.5, 0.6) is 0 Å². The number of halogens is 3. The molecule has 11 heavy (non-hydrogen) atoms. The Morgan fingerprint density at radius 3 is 2.27 bits per heavy atom. The number of hydrogen-bond acceptors (Lipinski definition) is 3. The first kappa shape index (κ1) is 9.10. The molecule has 6 heteroatoms. The highest BCUT2D eigenvalue weighted by Gasteiger charge is 2.29. The molecular weight excluding hydrogens is 210 g/mol. The summed E-state index contributed by atoms with van der Waals surface area (Å²) in [6.07, 6.45) is 0.633. The summed E-state index contributed by atoms with van der Waals surface area (Å²) in [6.45, 7) is 1.87. The maximum absolute atomic E-state index is 5.46. The molecule has 0 unspecified atom stereocenters. The fourth-order valence-electron chi connectivity index (χ4n) is 0.511. The molecule has 0 fully saturated rings. The molecule has 0 radical (unpaired) electrons. The zero-order chi connectivity index (χ0) is 8.48. The van der Waals surface area contributed by atoms with Crippen LogP contribution in [-0.4, -0.2) is 10.2 Å². The molecule has 0 atom stereocenters. The van der Waals surface area contributed by atoms with Crippen molar-refractivity contribution in [3.63, 3.8) is 0 Å². The van der Waals surface area contributed by atoms with Crippen LogP contribution in [0.3, 0.4) is 0 Å². The van der Waals surface area contributed by atoms with Crippen LogP contribution in [0.1, 0.15) is 18.7 Å². The van der Waals surface area contributed by atoms with Gasteiger partial charge in [-0.1, -0.05) is 41.7 Å². The fraction of sp³-hybridized carbons (Fsp3) is 0.600. The molecule has 3 nitrogen and oxygen atoms in total. The highest BCUT2D eigenvalue weighted by atomic mass is 35.6. The zero-order valence-corrected chi connectivity index (χ0v) is 7.91. The van der Waals surface area contributed by atoms with Gasteiger partial charge >= 0.3 is 0 Å². The summed E-state index contributed by atoms with van der Waals surface area (Å²) < 4.78 is 3.37. The Balaban J connectivity index is 2.89. The van der Waals surface area contributed by atoms with E-state index in [4.69, 9.17) is 39.2 Å². The maximum atomic E-state index is 5.46. The lowest BCUT2D eigenvalue weighted by molar-refractivity contribution is 0.459. The van der Waals surface area contributed by atoms with Gasteiger partial charge in [-0.3, -0.25) is 0 Å². The Hall–Kier alpha value is 0.01000. The minimum absolute atomic E-state index is 0.0133. The van der Waals surface area contributed by atoms with Crippen molar-refractivity contribution in [2.24, 2.45) is 0 Å². The van der Waals surface area contributed by atoms with E-state index in [0.29, 0.717) is 12.3 Å². The zero-order valence-electron chi connectivity index (χ0n) is 5.64.